The largest absolute Gasteiger partial charge is 0.451 e. The Hall–Kier alpha value is -1.60. The van der Waals surface area contributed by atoms with Crippen LogP contribution in [0.1, 0.15) is 5.82 Å². The number of alkyl halides is 3. The maximum Gasteiger partial charge on any atom is 0.451 e. The van der Waals surface area contributed by atoms with E-state index >= 15 is 0 Å². The second-order valence-corrected chi connectivity index (χ2v) is 4.45. The minimum Gasteiger partial charge on any atom is -0.340 e. The van der Waals surface area contributed by atoms with Crippen LogP contribution in [0.5, 0.6) is 0 Å². The fourth-order valence-corrected chi connectivity index (χ4v) is 1.63. The molecule has 3 nitrogen and oxygen atoms in total. The highest BCUT2D eigenvalue weighted by Gasteiger charge is 2.35. The Morgan fingerprint density at radius 3 is 2.35 bits per heavy atom. The van der Waals surface area contributed by atoms with Gasteiger partial charge in [0.1, 0.15) is 16.8 Å². The third kappa shape index (κ3) is 3.49. The van der Waals surface area contributed by atoms with E-state index in [1.807, 2.05) is 0 Å². The smallest absolute Gasteiger partial charge is 0.340 e. The number of benzene rings is 1. The molecular weight excluding hydrogens is 321 g/mol. The van der Waals surface area contributed by atoms with E-state index in [1.54, 1.807) is 0 Å². The number of hydrogen-bond acceptors (Lipinski definition) is 3. The van der Waals surface area contributed by atoms with E-state index in [4.69, 9.17) is 23.2 Å². The molecule has 1 aromatic carbocycles. The molecule has 0 unspecified atom stereocenters. The Balaban J connectivity index is 2.33. The van der Waals surface area contributed by atoms with Crippen molar-refractivity contribution in [3.63, 3.8) is 0 Å². The Morgan fingerprint density at radius 1 is 1.05 bits per heavy atom. The summed E-state index contributed by atoms with van der Waals surface area (Å²) in [7, 11) is 0. The van der Waals surface area contributed by atoms with E-state index in [-0.39, 0.29) is 21.7 Å². The molecule has 0 amide bonds. The molecule has 2 rings (SSSR count). The first kappa shape index (κ1) is 14.8. The van der Waals surface area contributed by atoms with Crippen molar-refractivity contribution in [2.24, 2.45) is 0 Å². The number of aromatic nitrogens is 2. The van der Waals surface area contributed by atoms with E-state index in [9.17, 15) is 17.6 Å². The summed E-state index contributed by atoms with van der Waals surface area (Å²) in [4.78, 5) is 6.34. The van der Waals surface area contributed by atoms with Crippen LogP contribution in [-0.2, 0) is 6.18 Å². The third-order valence-electron chi connectivity index (χ3n) is 2.14. The van der Waals surface area contributed by atoms with Crippen molar-refractivity contribution in [2.45, 2.75) is 6.18 Å². The van der Waals surface area contributed by atoms with Gasteiger partial charge in [-0.3, -0.25) is 0 Å². The van der Waals surface area contributed by atoms with Crippen molar-refractivity contribution in [2.75, 3.05) is 5.32 Å². The monoisotopic (exact) mass is 325 g/mol. The average Bonchev–Trinajstić information content (AvgIpc) is 2.32. The molecule has 0 spiro atoms. The van der Waals surface area contributed by atoms with Crippen LogP contribution in [0.3, 0.4) is 0 Å². The average molecular weight is 326 g/mol. The van der Waals surface area contributed by atoms with Gasteiger partial charge in [-0.1, -0.05) is 23.2 Å². The molecule has 2 aromatic rings. The maximum atomic E-state index is 13.2. The zero-order valence-electron chi connectivity index (χ0n) is 9.47. The van der Waals surface area contributed by atoms with Crippen LogP contribution in [0.15, 0.2) is 24.3 Å². The minimum absolute atomic E-state index is 0.104. The highest BCUT2D eigenvalue weighted by molar-refractivity contribution is 6.30. The van der Waals surface area contributed by atoms with E-state index in [0.717, 1.165) is 12.1 Å². The highest BCUT2D eigenvalue weighted by Crippen LogP contribution is 2.29. The molecule has 0 saturated heterocycles. The van der Waals surface area contributed by atoms with Gasteiger partial charge in [0.2, 0.25) is 5.82 Å². The molecule has 0 aliphatic carbocycles. The molecule has 0 aliphatic heterocycles. The molecule has 0 radical (unpaired) electrons. The first-order valence-electron chi connectivity index (χ1n) is 5.09. The SMILES string of the molecule is Fc1cc(Nc2cc(Cl)nc(C(F)(F)F)n2)ccc1Cl. The zero-order valence-corrected chi connectivity index (χ0v) is 11.0. The molecule has 106 valence electrons. The van der Waals surface area contributed by atoms with Crippen LogP contribution in [0, 0.1) is 5.82 Å². The van der Waals surface area contributed by atoms with Crippen LogP contribution in [0.2, 0.25) is 10.2 Å². The number of hydrogen-bond donors (Lipinski definition) is 1. The van der Waals surface area contributed by atoms with Crippen molar-refractivity contribution in [1.29, 1.82) is 0 Å². The molecule has 0 atom stereocenters. The lowest BCUT2D eigenvalue weighted by molar-refractivity contribution is -0.144. The molecule has 1 N–H and O–H groups in total. The highest BCUT2D eigenvalue weighted by atomic mass is 35.5. The number of halogens is 6. The lowest BCUT2D eigenvalue weighted by Crippen LogP contribution is -2.12. The molecule has 1 heterocycles. The fraction of sp³-hybridized carbons (Fsp3) is 0.0909. The molecule has 0 bridgehead atoms. The molecular formula is C11H5Cl2F4N3. The summed E-state index contributed by atoms with van der Waals surface area (Å²) in [6.07, 6.45) is -4.73. The van der Waals surface area contributed by atoms with Crippen molar-refractivity contribution in [3.8, 4) is 0 Å². The molecule has 20 heavy (non-hydrogen) atoms. The Morgan fingerprint density at radius 2 is 1.75 bits per heavy atom. The summed E-state index contributed by atoms with van der Waals surface area (Å²) in [5, 5.41) is 2.00. The number of anilines is 2. The number of rotatable bonds is 2. The first-order valence-corrected chi connectivity index (χ1v) is 5.85. The normalized spacial score (nSPS) is 11.5. The van der Waals surface area contributed by atoms with E-state index < -0.39 is 17.8 Å². The summed E-state index contributed by atoms with van der Waals surface area (Å²) in [6, 6.07) is 4.75. The quantitative estimate of drug-likeness (QED) is 0.643. The number of nitrogens with one attached hydrogen (secondary N) is 1. The lowest BCUT2D eigenvalue weighted by Gasteiger charge is -2.10. The summed E-state index contributed by atoms with van der Waals surface area (Å²) >= 11 is 11.0. The van der Waals surface area contributed by atoms with Gasteiger partial charge in [0.15, 0.2) is 0 Å². The molecule has 1 aromatic heterocycles. The van der Waals surface area contributed by atoms with Gasteiger partial charge in [0.05, 0.1) is 5.02 Å². The van der Waals surface area contributed by atoms with Gasteiger partial charge in [0.25, 0.3) is 0 Å². The molecule has 0 aliphatic rings. The standard InChI is InChI=1S/C11H5Cl2F4N3/c12-6-2-1-5(3-7(6)14)18-9-4-8(13)19-10(20-9)11(15,16)17/h1-4H,(H,18,19,20). The van der Waals surface area contributed by atoms with Crippen LogP contribution >= 0.6 is 23.2 Å². The van der Waals surface area contributed by atoms with Crippen molar-refractivity contribution < 1.29 is 17.6 Å². The minimum atomic E-state index is -4.73. The van der Waals surface area contributed by atoms with E-state index in [1.165, 1.54) is 12.1 Å². The summed E-state index contributed by atoms with van der Waals surface area (Å²) in [5.41, 5.74) is 0.176. The van der Waals surface area contributed by atoms with Gasteiger partial charge >= 0.3 is 6.18 Å². The summed E-state index contributed by atoms with van der Waals surface area (Å²) < 4.78 is 50.8. The van der Waals surface area contributed by atoms with Crippen molar-refractivity contribution in [3.05, 3.63) is 46.1 Å². The van der Waals surface area contributed by atoms with E-state index in [2.05, 4.69) is 15.3 Å². The topological polar surface area (TPSA) is 37.8 Å². The van der Waals surface area contributed by atoms with Gasteiger partial charge in [-0.05, 0) is 18.2 Å². The van der Waals surface area contributed by atoms with Crippen LogP contribution in [0.4, 0.5) is 29.1 Å². The van der Waals surface area contributed by atoms with Crippen LogP contribution in [-0.4, -0.2) is 9.97 Å². The predicted octanol–water partition coefficient (Wildman–Crippen LogP) is 4.68. The molecule has 0 saturated carbocycles. The van der Waals surface area contributed by atoms with Crippen LogP contribution in [0.25, 0.3) is 0 Å². The predicted molar refractivity (Wildman–Crippen MR) is 66.7 cm³/mol. The lowest BCUT2D eigenvalue weighted by atomic mass is 10.3. The second kappa shape index (κ2) is 5.41. The van der Waals surface area contributed by atoms with Gasteiger partial charge in [0, 0.05) is 11.8 Å². The van der Waals surface area contributed by atoms with Gasteiger partial charge in [-0.25, -0.2) is 14.4 Å². The van der Waals surface area contributed by atoms with Gasteiger partial charge in [-0.15, -0.1) is 0 Å². The Labute approximate surface area is 120 Å². The second-order valence-electron chi connectivity index (χ2n) is 3.65. The van der Waals surface area contributed by atoms with E-state index in [0.29, 0.717) is 0 Å². The zero-order chi connectivity index (χ0) is 14.9. The van der Waals surface area contributed by atoms with Gasteiger partial charge < -0.3 is 5.32 Å². The fourth-order valence-electron chi connectivity index (χ4n) is 1.33. The summed E-state index contributed by atoms with van der Waals surface area (Å²) in [5.74, 6) is -2.31. The van der Waals surface area contributed by atoms with Crippen LogP contribution < -0.4 is 5.32 Å². The summed E-state index contributed by atoms with van der Waals surface area (Å²) in [6.45, 7) is 0. The Kier molecular flexibility index (Phi) is 4.01. The van der Waals surface area contributed by atoms with Crippen molar-refractivity contribution >= 4 is 34.7 Å². The molecule has 9 heteroatoms. The number of nitrogens with zero attached hydrogens (tertiary/aromatic N) is 2. The van der Waals surface area contributed by atoms with Gasteiger partial charge in [-0.2, -0.15) is 13.2 Å². The maximum absolute atomic E-state index is 13.2. The third-order valence-corrected chi connectivity index (χ3v) is 2.64. The first-order chi connectivity index (χ1) is 9.25. The van der Waals surface area contributed by atoms with Crippen molar-refractivity contribution in [1.82, 2.24) is 9.97 Å². The Bertz CT molecular complexity index is 646. The molecule has 0 fully saturated rings.